The van der Waals surface area contributed by atoms with Gasteiger partial charge in [-0.25, -0.2) is 9.97 Å². The predicted molar refractivity (Wildman–Crippen MR) is 70.6 cm³/mol. The normalized spacial score (nSPS) is 10.6. The summed E-state index contributed by atoms with van der Waals surface area (Å²) >= 11 is 1.50. The first kappa shape index (κ1) is 13.4. The third kappa shape index (κ3) is 3.25. The van der Waals surface area contributed by atoms with Crippen LogP contribution in [0.4, 0.5) is 0 Å². The number of hydrogen-bond donors (Lipinski definition) is 2. The molecule has 0 aliphatic carbocycles. The van der Waals surface area contributed by atoms with Crippen molar-refractivity contribution in [2.75, 3.05) is 0 Å². The quantitative estimate of drug-likeness (QED) is 0.872. The second-order valence-corrected chi connectivity index (χ2v) is 5.15. The molecular formula is C12H13N3O3S. The topological polar surface area (TPSA) is 95.9 Å². The van der Waals surface area contributed by atoms with Crippen LogP contribution in [-0.2, 0) is 17.6 Å². The number of nitrogens with zero attached hydrogens (tertiary/aromatic N) is 2. The second kappa shape index (κ2) is 5.31. The Morgan fingerprint density at radius 1 is 1.42 bits per heavy atom. The lowest BCUT2D eigenvalue weighted by molar-refractivity contribution is -0.136. The van der Waals surface area contributed by atoms with Gasteiger partial charge in [-0.2, -0.15) is 0 Å². The van der Waals surface area contributed by atoms with E-state index >= 15 is 0 Å². The van der Waals surface area contributed by atoms with Crippen LogP contribution in [0.25, 0.3) is 0 Å². The summed E-state index contributed by atoms with van der Waals surface area (Å²) in [7, 11) is 0. The molecule has 2 heterocycles. The molecule has 0 aliphatic heterocycles. The summed E-state index contributed by atoms with van der Waals surface area (Å²) in [6.07, 6.45) is 0.132. The zero-order valence-electron chi connectivity index (χ0n) is 10.6. The number of thiazole rings is 1. The highest BCUT2D eigenvalue weighted by atomic mass is 32.1. The first-order valence-electron chi connectivity index (χ1n) is 5.67. The maximum absolute atomic E-state index is 11.8. The van der Waals surface area contributed by atoms with Gasteiger partial charge in [-0.1, -0.05) is 0 Å². The first-order valence-corrected chi connectivity index (χ1v) is 6.55. The van der Waals surface area contributed by atoms with E-state index in [1.807, 2.05) is 12.3 Å². The smallest absolute Gasteiger partial charge is 0.308 e. The van der Waals surface area contributed by atoms with Crippen molar-refractivity contribution in [1.29, 1.82) is 0 Å². The summed E-state index contributed by atoms with van der Waals surface area (Å²) < 4.78 is 0. The minimum atomic E-state index is -1.04. The zero-order chi connectivity index (χ0) is 14.0. The number of aliphatic carboxylic acids is 1. The largest absolute Gasteiger partial charge is 0.481 e. The van der Waals surface area contributed by atoms with Crippen molar-refractivity contribution in [2.24, 2.45) is 0 Å². The van der Waals surface area contributed by atoms with Crippen LogP contribution in [0, 0.1) is 13.8 Å². The standard InChI is InChI=1S/C12H13N3O3S/c1-6-5-19-10(13-6)4-9-14-7(2)8(3-11(16)17)12(18)15-9/h5H,3-4H2,1-2H3,(H,16,17)(H,14,15,18). The Hall–Kier alpha value is -2.02. The number of aromatic nitrogens is 3. The van der Waals surface area contributed by atoms with Crippen molar-refractivity contribution >= 4 is 17.3 Å². The molecule has 0 radical (unpaired) electrons. The molecule has 7 heteroatoms. The van der Waals surface area contributed by atoms with Gasteiger partial charge < -0.3 is 10.1 Å². The fraction of sp³-hybridized carbons (Fsp3) is 0.333. The third-order valence-corrected chi connectivity index (χ3v) is 3.55. The van der Waals surface area contributed by atoms with E-state index in [1.54, 1.807) is 6.92 Å². The zero-order valence-corrected chi connectivity index (χ0v) is 11.4. The van der Waals surface area contributed by atoms with Crippen molar-refractivity contribution in [1.82, 2.24) is 15.0 Å². The Morgan fingerprint density at radius 2 is 2.16 bits per heavy atom. The molecular weight excluding hydrogens is 266 g/mol. The highest BCUT2D eigenvalue weighted by molar-refractivity contribution is 7.09. The van der Waals surface area contributed by atoms with Crippen LogP contribution in [0.5, 0.6) is 0 Å². The summed E-state index contributed by atoms with van der Waals surface area (Å²) in [4.78, 5) is 33.6. The van der Waals surface area contributed by atoms with E-state index < -0.39 is 11.5 Å². The van der Waals surface area contributed by atoms with Gasteiger partial charge in [-0.05, 0) is 13.8 Å². The van der Waals surface area contributed by atoms with Gasteiger partial charge in [0.25, 0.3) is 5.56 Å². The second-order valence-electron chi connectivity index (χ2n) is 4.21. The van der Waals surface area contributed by atoms with Crippen LogP contribution in [0.3, 0.4) is 0 Å². The molecule has 0 bridgehead atoms. The summed E-state index contributed by atoms with van der Waals surface area (Å²) in [6.45, 7) is 3.54. The van der Waals surface area contributed by atoms with Gasteiger partial charge in [-0.15, -0.1) is 11.3 Å². The Morgan fingerprint density at radius 3 is 2.68 bits per heavy atom. The Bertz CT molecular complexity index is 675. The lowest BCUT2D eigenvalue weighted by atomic mass is 10.1. The van der Waals surface area contributed by atoms with Gasteiger partial charge >= 0.3 is 5.97 Å². The monoisotopic (exact) mass is 279 g/mol. The lowest BCUT2D eigenvalue weighted by Crippen LogP contribution is -2.21. The predicted octanol–water partition coefficient (Wildman–Crippen LogP) is 1.06. The number of carboxylic acids is 1. The molecule has 0 saturated heterocycles. The van der Waals surface area contributed by atoms with E-state index in [0.717, 1.165) is 10.7 Å². The third-order valence-electron chi connectivity index (χ3n) is 2.58. The molecule has 2 aromatic rings. The van der Waals surface area contributed by atoms with E-state index in [1.165, 1.54) is 11.3 Å². The maximum atomic E-state index is 11.8. The molecule has 2 rings (SSSR count). The molecule has 0 spiro atoms. The summed E-state index contributed by atoms with van der Waals surface area (Å²) in [5.41, 5.74) is 1.20. The molecule has 0 fully saturated rings. The summed E-state index contributed by atoms with van der Waals surface area (Å²) in [5.74, 6) is -0.537. The van der Waals surface area contributed by atoms with Gasteiger partial charge in [0.2, 0.25) is 0 Å². The molecule has 0 aromatic carbocycles. The number of H-pyrrole nitrogens is 1. The SMILES string of the molecule is Cc1csc(Cc2nc(C)c(CC(=O)O)c(=O)[nH]2)n1. The lowest BCUT2D eigenvalue weighted by Gasteiger charge is -2.04. The molecule has 2 N–H and O–H groups in total. The Balaban J connectivity index is 2.29. The number of aromatic amines is 1. The number of carbonyl (C=O) groups is 1. The van der Waals surface area contributed by atoms with E-state index in [4.69, 9.17) is 5.11 Å². The van der Waals surface area contributed by atoms with Crippen LogP contribution in [-0.4, -0.2) is 26.0 Å². The molecule has 0 saturated carbocycles. The number of nitrogens with one attached hydrogen (secondary N) is 1. The molecule has 0 amide bonds. The van der Waals surface area contributed by atoms with Crippen molar-refractivity contribution in [2.45, 2.75) is 26.7 Å². The van der Waals surface area contributed by atoms with Crippen LogP contribution in [0.2, 0.25) is 0 Å². The first-order chi connectivity index (χ1) is 8.95. The van der Waals surface area contributed by atoms with Crippen molar-refractivity contribution in [3.05, 3.63) is 43.5 Å². The van der Waals surface area contributed by atoms with Gasteiger partial charge in [0.05, 0.1) is 12.8 Å². The summed E-state index contributed by atoms with van der Waals surface area (Å²) in [5, 5.41) is 11.5. The molecule has 19 heavy (non-hydrogen) atoms. The molecule has 6 nitrogen and oxygen atoms in total. The van der Waals surface area contributed by atoms with Gasteiger partial charge in [-0.3, -0.25) is 9.59 Å². The number of hydrogen-bond acceptors (Lipinski definition) is 5. The van der Waals surface area contributed by atoms with Crippen LogP contribution in [0.1, 0.15) is 27.8 Å². The van der Waals surface area contributed by atoms with E-state index in [0.29, 0.717) is 17.9 Å². The van der Waals surface area contributed by atoms with Crippen LogP contribution < -0.4 is 5.56 Å². The summed E-state index contributed by atoms with van der Waals surface area (Å²) in [6, 6.07) is 0. The fourth-order valence-corrected chi connectivity index (χ4v) is 2.51. The number of rotatable bonds is 4. The van der Waals surface area contributed by atoms with E-state index in [9.17, 15) is 9.59 Å². The maximum Gasteiger partial charge on any atom is 0.308 e. The van der Waals surface area contributed by atoms with E-state index in [-0.39, 0.29) is 12.0 Å². The highest BCUT2D eigenvalue weighted by Gasteiger charge is 2.12. The Labute approximate surface area is 113 Å². The molecule has 0 atom stereocenters. The number of carboxylic acid groups (broad SMARTS) is 1. The average Bonchev–Trinajstić information content (AvgIpc) is 2.69. The van der Waals surface area contributed by atoms with E-state index in [2.05, 4.69) is 15.0 Å². The van der Waals surface area contributed by atoms with Crippen molar-refractivity contribution in [3.63, 3.8) is 0 Å². The molecule has 0 unspecified atom stereocenters. The van der Waals surface area contributed by atoms with Crippen LogP contribution in [0.15, 0.2) is 10.2 Å². The van der Waals surface area contributed by atoms with Crippen LogP contribution >= 0.6 is 11.3 Å². The Kier molecular flexibility index (Phi) is 3.75. The van der Waals surface area contributed by atoms with Crippen molar-refractivity contribution in [3.8, 4) is 0 Å². The number of aryl methyl sites for hydroxylation is 2. The fourth-order valence-electron chi connectivity index (χ4n) is 1.74. The molecule has 100 valence electrons. The average molecular weight is 279 g/mol. The van der Waals surface area contributed by atoms with Gasteiger partial charge in [0.15, 0.2) is 0 Å². The minimum absolute atomic E-state index is 0.201. The minimum Gasteiger partial charge on any atom is -0.481 e. The van der Waals surface area contributed by atoms with Crippen molar-refractivity contribution < 1.29 is 9.90 Å². The van der Waals surface area contributed by atoms with Gasteiger partial charge in [0.1, 0.15) is 10.8 Å². The molecule has 2 aromatic heterocycles. The molecule has 0 aliphatic rings. The highest BCUT2D eigenvalue weighted by Crippen LogP contribution is 2.12. The van der Waals surface area contributed by atoms with Gasteiger partial charge in [0, 0.05) is 22.3 Å².